The molecule has 0 atom stereocenters. The first kappa shape index (κ1) is 21.9. The summed E-state index contributed by atoms with van der Waals surface area (Å²) in [5.74, 6) is 0.866. The van der Waals surface area contributed by atoms with E-state index in [4.69, 9.17) is 4.74 Å². The Kier molecular flexibility index (Phi) is 8.43. The first-order chi connectivity index (χ1) is 13.4. The molecule has 9 heteroatoms. The maximum Gasteiger partial charge on any atom is 0.387 e. The van der Waals surface area contributed by atoms with E-state index < -0.39 is 6.61 Å². The molecule has 2 rings (SSSR count). The van der Waals surface area contributed by atoms with Crippen LogP contribution in [0.4, 0.5) is 8.78 Å². The van der Waals surface area contributed by atoms with Crippen LogP contribution in [0.1, 0.15) is 35.0 Å². The molecule has 0 saturated heterocycles. The average Bonchev–Trinajstić information content (AvgIpc) is 2.97. The third-order valence-corrected chi connectivity index (χ3v) is 4.87. The normalized spacial score (nSPS) is 11.6. The second-order valence-electron chi connectivity index (χ2n) is 5.85. The molecule has 0 aliphatic heterocycles. The van der Waals surface area contributed by atoms with Crippen LogP contribution in [0.2, 0.25) is 0 Å². The summed E-state index contributed by atoms with van der Waals surface area (Å²) in [6, 6.07) is 5.03. The zero-order valence-corrected chi connectivity index (χ0v) is 17.3. The van der Waals surface area contributed by atoms with Gasteiger partial charge in [-0.05, 0) is 33.8 Å². The maximum atomic E-state index is 12.8. The number of benzene rings is 1. The number of guanidine groups is 1. The molecule has 0 unspecified atom stereocenters. The molecule has 0 spiro atoms. The number of rotatable bonds is 9. The van der Waals surface area contributed by atoms with Crippen molar-refractivity contribution in [3.8, 4) is 11.5 Å². The van der Waals surface area contributed by atoms with Crippen LogP contribution in [0.5, 0.6) is 11.5 Å². The van der Waals surface area contributed by atoms with Crippen molar-refractivity contribution in [2.24, 2.45) is 4.99 Å². The van der Waals surface area contributed by atoms with E-state index in [1.165, 1.54) is 4.88 Å². The van der Waals surface area contributed by atoms with Gasteiger partial charge in [-0.2, -0.15) is 8.78 Å². The molecule has 0 radical (unpaired) electrons. The van der Waals surface area contributed by atoms with Gasteiger partial charge in [0.1, 0.15) is 5.01 Å². The molecule has 2 aromatic rings. The molecule has 154 valence electrons. The van der Waals surface area contributed by atoms with E-state index in [0.717, 1.165) is 10.7 Å². The fourth-order valence-corrected chi connectivity index (χ4v) is 3.33. The van der Waals surface area contributed by atoms with Gasteiger partial charge in [0.15, 0.2) is 17.5 Å². The highest BCUT2D eigenvalue weighted by Gasteiger charge is 2.15. The molecule has 0 saturated carbocycles. The van der Waals surface area contributed by atoms with Gasteiger partial charge >= 0.3 is 6.61 Å². The van der Waals surface area contributed by atoms with E-state index in [-0.39, 0.29) is 18.0 Å². The second kappa shape index (κ2) is 10.8. The van der Waals surface area contributed by atoms with Crippen molar-refractivity contribution in [1.29, 1.82) is 0 Å². The van der Waals surface area contributed by atoms with E-state index in [2.05, 4.69) is 25.3 Å². The van der Waals surface area contributed by atoms with Crippen molar-refractivity contribution in [3.63, 3.8) is 0 Å². The Hall–Kier alpha value is -2.42. The number of aromatic nitrogens is 1. The number of aliphatic imine (C=N–C) groups is 1. The van der Waals surface area contributed by atoms with E-state index in [0.29, 0.717) is 31.2 Å². The van der Waals surface area contributed by atoms with Crippen LogP contribution in [-0.4, -0.2) is 30.7 Å². The predicted molar refractivity (Wildman–Crippen MR) is 107 cm³/mol. The minimum absolute atomic E-state index is 0.0186. The first-order valence-corrected chi connectivity index (χ1v) is 9.90. The lowest BCUT2D eigenvalue weighted by atomic mass is 10.2. The highest BCUT2D eigenvalue weighted by molar-refractivity contribution is 7.11. The fraction of sp³-hybridized carbons (Fsp3) is 0.474. The quantitative estimate of drug-likeness (QED) is 0.481. The topological polar surface area (TPSA) is 67.8 Å². The van der Waals surface area contributed by atoms with Gasteiger partial charge in [0.2, 0.25) is 0 Å². The molecule has 0 amide bonds. The number of hydrogen-bond donors (Lipinski definition) is 2. The third kappa shape index (κ3) is 6.33. The van der Waals surface area contributed by atoms with Crippen LogP contribution in [0, 0.1) is 13.8 Å². The maximum absolute atomic E-state index is 12.8. The van der Waals surface area contributed by atoms with Crippen molar-refractivity contribution in [1.82, 2.24) is 15.6 Å². The van der Waals surface area contributed by atoms with Crippen LogP contribution in [-0.2, 0) is 13.1 Å². The SMILES string of the molecule is CCNC(=NCc1cccc(OCC)c1OC(F)F)NCc1nc(C)c(C)s1. The van der Waals surface area contributed by atoms with Crippen LogP contribution < -0.4 is 20.1 Å². The highest BCUT2D eigenvalue weighted by Crippen LogP contribution is 2.33. The minimum atomic E-state index is -2.94. The molecule has 2 N–H and O–H groups in total. The summed E-state index contributed by atoms with van der Waals surface area (Å²) in [6.45, 7) is 6.52. The van der Waals surface area contributed by atoms with Gasteiger partial charge in [-0.15, -0.1) is 11.3 Å². The zero-order chi connectivity index (χ0) is 20.5. The van der Waals surface area contributed by atoms with E-state index in [1.54, 1.807) is 36.5 Å². The van der Waals surface area contributed by atoms with Crippen molar-refractivity contribution >= 4 is 17.3 Å². The molecule has 0 bridgehead atoms. The molecule has 1 heterocycles. The van der Waals surface area contributed by atoms with Gasteiger partial charge in [0.05, 0.1) is 25.4 Å². The minimum Gasteiger partial charge on any atom is -0.490 e. The number of nitrogens with one attached hydrogen (secondary N) is 2. The molecule has 28 heavy (non-hydrogen) atoms. The summed E-state index contributed by atoms with van der Waals surface area (Å²) < 4.78 is 35.8. The molecule has 0 aliphatic carbocycles. The lowest BCUT2D eigenvalue weighted by Gasteiger charge is -2.15. The smallest absolute Gasteiger partial charge is 0.387 e. The van der Waals surface area contributed by atoms with Crippen molar-refractivity contribution in [2.75, 3.05) is 13.2 Å². The summed E-state index contributed by atoms with van der Waals surface area (Å²) in [4.78, 5) is 10.2. The van der Waals surface area contributed by atoms with Crippen LogP contribution >= 0.6 is 11.3 Å². The molecule has 0 fully saturated rings. The molecule has 1 aromatic heterocycles. The van der Waals surface area contributed by atoms with E-state index in [1.807, 2.05) is 20.8 Å². The highest BCUT2D eigenvalue weighted by atomic mass is 32.1. The Balaban J connectivity index is 2.15. The monoisotopic (exact) mass is 412 g/mol. The number of alkyl halides is 2. The van der Waals surface area contributed by atoms with Crippen LogP contribution in [0.25, 0.3) is 0 Å². The van der Waals surface area contributed by atoms with E-state index >= 15 is 0 Å². The average molecular weight is 413 g/mol. The molecule has 6 nitrogen and oxygen atoms in total. The fourth-order valence-electron chi connectivity index (χ4n) is 2.46. The number of para-hydroxylation sites is 1. The van der Waals surface area contributed by atoms with Gasteiger partial charge in [-0.3, -0.25) is 0 Å². The summed E-state index contributed by atoms with van der Waals surface area (Å²) in [7, 11) is 0. The van der Waals surface area contributed by atoms with Crippen molar-refractivity contribution < 1.29 is 18.3 Å². The van der Waals surface area contributed by atoms with Crippen LogP contribution in [0.3, 0.4) is 0 Å². The largest absolute Gasteiger partial charge is 0.490 e. The van der Waals surface area contributed by atoms with Crippen LogP contribution in [0.15, 0.2) is 23.2 Å². The number of thiazole rings is 1. The molecule has 1 aromatic carbocycles. The standard InChI is InChI=1S/C19H26F2N4O2S/c1-5-22-19(24-11-16-25-12(3)13(4)28-16)23-10-14-8-7-9-15(26-6-2)17(14)27-18(20)21/h7-9,18H,5-6,10-11H2,1-4H3,(H2,22,23,24). The Labute approximate surface area is 168 Å². The van der Waals surface area contributed by atoms with Gasteiger partial charge in [-0.1, -0.05) is 12.1 Å². The Bertz CT molecular complexity index is 777. The number of halogens is 2. The Morgan fingerprint density at radius 3 is 2.64 bits per heavy atom. The first-order valence-electron chi connectivity index (χ1n) is 9.09. The predicted octanol–water partition coefficient (Wildman–Crippen LogP) is 4.02. The summed E-state index contributed by atoms with van der Waals surface area (Å²) in [6.07, 6.45) is 0. The number of hydrogen-bond acceptors (Lipinski definition) is 5. The summed E-state index contributed by atoms with van der Waals surface area (Å²) in [5, 5.41) is 7.31. The van der Waals surface area contributed by atoms with Gasteiger partial charge in [-0.25, -0.2) is 9.98 Å². The molecular formula is C19H26F2N4O2S. The van der Waals surface area contributed by atoms with Gasteiger partial charge < -0.3 is 20.1 Å². The lowest BCUT2D eigenvalue weighted by molar-refractivity contribution is -0.0520. The molecule has 0 aliphatic rings. The van der Waals surface area contributed by atoms with Gasteiger partial charge in [0.25, 0.3) is 0 Å². The Morgan fingerprint density at radius 2 is 2.04 bits per heavy atom. The zero-order valence-electron chi connectivity index (χ0n) is 16.5. The summed E-state index contributed by atoms with van der Waals surface area (Å²) in [5.41, 5.74) is 1.54. The van der Waals surface area contributed by atoms with Crippen molar-refractivity contribution in [2.45, 2.75) is 47.4 Å². The molecular weight excluding hydrogens is 386 g/mol. The van der Waals surface area contributed by atoms with E-state index in [9.17, 15) is 8.78 Å². The number of nitrogens with zero attached hydrogens (tertiary/aromatic N) is 2. The second-order valence-corrected chi connectivity index (χ2v) is 7.14. The summed E-state index contributed by atoms with van der Waals surface area (Å²) >= 11 is 1.63. The van der Waals surface area contributed by atoms with Crippen molar-refractivity contribution in [3.05, 3.63) is 39.3 Å². The Morgan fingerprint density at radius 1 is 1.25 bits per heavy atom. The number of aryl methyl sites for hydroxylation is 2. The lowest BCUT2D eigenvalue weighted by Crippen LogP contribution is -2.36. The number of ether oxygens (including phenoxy) is 2. The third-order valence-electron chi connectivity index (χ3n) is 3.80. The van der Waals surface area contributed by atoms with Gasteiger partial charge in [0, 0.05) is 17.0 Å².